The van der Waals surface area contributed by atoms with E-state index in [4.69, 9.17) is 4.74 Å². The summed E-state index contributed by atoms with van der Waals surface area (Å²) in [5.74, 6) is -0.804. The lowest BCUT2D eigenvalue weighted by molar-refractivity contribution is -0.120. The van der Waals surface area contributed by atoms with E-state index in [-0.39, 0.29) is 29.7 Å². The summed E-state index contributed by atoms with van der Waals surface area (Å²) in [5, 5.41) is 5.51. The fourth-order valence-corrected chi connectivity index (χ4v) is 2.48. The molecule has 138 valence electrons. The minimum Gasteiger partial charge on any atom is -0.496 e. The number of halogens is 1. The van der Waals surface area contributed by atoms with Crippen LogP contribution in [0.2, 0.25) is 0 Å². The molecule has 1 unspecified atom stereocenters. The summed E-state index contributed by atoms with van der Waals surface area (Å²) in [6, 6.07) is 10.8. The van der Waals surface area contributed by atoms with Gasteiger partial charge in [0.25, 0.3) is 0 Å². The number of methoxy groups -OCH3 is 2. The molecule has 0 bridgehead atoms. The predicted molar refractivity (Wildman–Crippen MR) is 95.8 cm³/mol. The highest BCUT2D eigenvalue weighted by molar-refractivity contribution is 5.90. The predicted octanol–water partition coefficient (Wildman–Crippen LogP) is 2.91. The van der Waals surface area contributed by atoms with Crippen molar-refractivity contribution in [1.29, 1.82) is 0 Å². The lowest BCUT2D eigenvalue weighted by Crippen LogP contribution is -2.32. The van der Waals surface area contributed by atoms with E-state index in [1.165, 1.54) is 19.2 Å². The Hall–Kier alpha value is -3.09. The number of nitrogens with one attached hydrogen (secondary N) is 2. The van der Waals surface area contributed by atoms with E-state index in [1.807, 2.05) is 31.2 Å². The third kappa shape index (κ3) is 4.72. The van der Waals surface area contributed by atoms with E-state index < -0.39 is 11.8 Å². The lowest BCUT2D eigenvalue weighted by atomic mass is 10.1. The zero-order chi connectivity index (χ0) is 19.1. The van der Waals surface area contributed by atoms with Crippen LogP contribution in [0, 0.1) is 5.82 Å². The summed E-state index contributed by atoms with van der Waals surface area (Å²) in [6.07, 6.45) is 0. The Bertz CT molecular complexity index is 795. The molecule has 1 amide bonds. The molecule has 0 saturated heterocycles. The van der Waals surface area contributed by atoms with Gasteiger partial charge in [-0.2, -0.15) is 0 Å². The molecule has 7 heteroatoms. The fraction of sp³-hybridized carbons (Fsp3) is 0.263. The van der Waals surface area contributed by atoms with E-state index in [9.17, 15) is 14.0 Å². The highest BCUT2D eigenvalue weighted by atomic mass is 19.1. The molecule has 2 N–H and O–H groups in total. The molecule has 6 nitrogen and oxygen atoms in total. The fourth-order valence-electron chi connectivity index (χ4n) is 2.48. The normalized spacial score (nSPS) is 11.4. The number of amides is 1. The molecular weight excluding hydrogens is 339 g/mol. The third-order valence-corrected chi connectivity index (χ3v) is 3.81. The van der Waals surface area contributed by atoms with Crippen molar-refractivity contribution in [2.24, 2.45) is 0 Å². The number of rotatable bonds is 7. The van der Waals surface area contributed by atoms with Gasteiger partial charge in [-0.25, -0.2) is 9.18 Å². The van der Waals surface area contributed by atoms with Gasteiger partial charge in [-0.3, -0.25) is 4.79 Å². The number of para-hydroxylation sites is 1. The standard InChI is InChI=1S/C19H21FN2O4/c1-12(14-6-4-5-7-17(14)25-2)22-18(23)11-21-16-10-13(19(24)26-3)8-9-15(16)20/h4-10,12,21H,11H2,1-3H3,(H,22,23). The number of benzene rings is 2. The molecule has 0 aliphatic heterocycles. The molecule has 0 saturated carbocycles. The number of esters is 1. The monoisotopic (exact) mass is 360 g/mol. The Morgan fingerprint density at radius 2 is 1.88 bits per heavy atom. The number of ether oxygens (including phenoxy) is 2. The molecule has 26 heavy (non-hydrogen) atoms. The van der Waals surface area contributed by atoms with Crippen LogP contribution < -0.4 is 15.4 Å². The smallest absolute Gasteiger partial charge is 0.337 e. The zero-order valence-electron chi connectivity index (χ0n) is 14.8. The van der Waals surface area contributed by atoms with E-state index >= 15 is 0 Å². The molecule has 2 aromatic carbocycles. The van der Waals surface area contributed by atoms with Crippen molar-refractivity contribution in [3.8, 4) is 5.75 Å². The Balaban J connectivity index is 1.99. The van der Waals surface area contributed by atoms with Gasteiger partial charge in [0.2, 0.25) is 5.91 Å². The molecular formula is C19H21FN2O4. The van der Waals surface area contributed by atoms with Crippen LogP contribution in [0.4, 0.5) is 10.1 Å². The highest BCUT2D eigenvalue weighted by Crippen LogP contribution is 2.24. The summed E-state index contributed by atoms with van der Waals surface area (Å²) in [5.41, 5.74) is 1.08. The quantitative estimate of drug-likeness (QED) is 0.743. The molecule has 0 radical (unpaired) electrons. The summed E-state index contributed by atoms with van der Waals surface area (Å²) >= 11 is 0. The van der Waals surface area contributed by atoms with Crippen LogP contribution in [0.3, 0.4) is 0 Å². The van der Waals surface area contributed by atoms with Crippen molar-refractivity contribution in [3.63, 3.8) is 0 Å². The second-order valence-electron chi connectivity index (χ2n) is 5.57. The summed E-state index contributed by atoms with van der Waals surface area (Å²) in [6.45, 7) is 1.68. The van der Waals surface area contributed by atoms with E-state index in [0.717, 1.165) is 11.6 Å². The Morgan fingerprint density at radius 1 is 1.15 bits per heavy atom. The Labute approximate surface area is 151 Å². The van der Waals surface area contributed by atoms with Crippen LogP contribution in [0.25, 0.3) is 0 Å². The van der Waals surface area contributed by atoms with Crippen molar-refractivity contribution in [2.45, 2.75) is 13.0 Å². The number of anilines is 1. The molecule has 0 heterocycles. The van der Waals surface area contributed by atoms with Crippen molar-refractivity contribution >= 4 is 17.6 Å². The molecule has 0 spiro atoms. The van der Waals surface area contributed by atoms with E-state index in [1.54, 1.807) is 7.11 Å². The van der Waals surface area contributed by atoms with Crippen LogP contribution in [-0.2, 0) is 9.53 Å². The molecule has 0 fully saturated rings. The van der Waals surface area contributed by atoms with Gasteiger partial charge in [-0.1, -0.05) is 18.2 Å². The SMILES string of the molecule is COC(=O)c1ccc(F)c(NCC(=O)NC(C)c2ccccc2OC)c1. The summed E-state index contributed by atoms with van der Waals surface area (Å²) in [4.78, 5) is 23.7. The zero-order valence-corrected chi connectivity index (χ0v) is 14.8. The van der Waals surface area contributed by atoms with Gasteiger partial charge < -0.3 is 20.1 Å². The van der Waals surface area contributed by atoms with Gasteiger partial charge in [0.05, 0.1) is 38.1 Å². The Kier molecular flexibility index (Phi) is 6.54. The van der Waals surface area contributed by atoms with Crippen molar-refractivity contribution in [3.05, 3.63) is 59.4 Å². The first-order valence-electron chi connectivity index (χ1n) is 8.00. The summed E-state index contributed by atoms with van der Waals surface area (Å²) in [7, 11) is 2.80. The molecule has 0 aliphatic carbocycles. The van der Waals surface area contributed by atoms with Crippen molar-refractivity contribution in [2.75, 3.05) is 26.1 Å². The minimum absolute atomic E-state index is 0.0491. The lowest BCUT2D eigenvalue weighted by Gasteiger charge is -2.17. The van der Waals surface area contributed by atoms with Gasteiger partial charge in [-0.05, 0) is 31.2 Å². The molecule has 2 aromatic rings. The van der Waals surface area contributed by atoms with Crippen LogP contribution >= 0.6 is 0 Å². The number of hydrogen-bond donors (Lipinski definition) is 2. The van der Waals surface area contributed by atoms with Gasteiger partial charge in [-0.15, -0.1) is 0 Å². The first-order chi connectivity index (χ1) is 12.5. The number of hydrogen-bond acceptors (Lipinski definition) is 5. The van der Waals surface area contributed by atoms with Crippen LogP contribution in [0.15, 0.2) is 42.5 Å². The maximum Gasteiger partial charge on any atom is 0.337 e. The van der Waals surface area contributed by atoms with E-state index in [2.05, 4.69) is 15.4 Å². The second kappa shape index (κ2) is 8.84. The van der Waals surface area contributed by atoms with Crippen molar-refractivity contribution in [1.82, 2.24) is 5.32 Å². The average Bonchev–Trinajstić information content (AvgIpc) is 2.66. The highest BCUT2D eigenvalue weighted by Gasteiger charge is 2.15. The van der Waals surface area contributed by atoms with Gasteiger partial charge >= 0.3 is 5.97 Å². The number of carbonyl (C=O) groups excluding carboxylic acids is 2. The maximum atomic E-state index is 13.9. The minimum atomic E-state index is -0.581. The first-order valence-corrected chi connectivity index (χ1v) is 8.00. The third-order valence-electron chi connectivity index (χ3n) is 3.81. The largest absolute Gasteiger partial charge is 0.496 e. The van der Waals surface area contributed by atoms with Gasteiger partial charge in [0, 0.05) is 5.56 Å². The molecule has 2 rings (SSSR count). The Morgan fingerprint density at radius 3 is 2.58 bits per heavy atom. The van der Waals surface area contributed by atoms with Crippen LogP contribution in [0.1, 0.15) is 28.9 Å². The first kappa shape index (κ1) is 19.2. The van der Waals surface area contributed by atoms with E-state index in [0.29, 0.717) is 5.75 Å². The molecule has 1 atom stereocenters. The van der Waals surface area contributed by atoms with Crippen LogP contribution in [0.5, 0.6) is 5.75 Å². The maximum absolute atomic E-state index is 13.9. The van der Waals surface area contributed by atoms with Crippen LogP contribution in [-0.4, -0.2) is 32.6 Å². The molecule has 0 aromatic heterocycles. The summed E-state index contributed by atoms with van der Waals surface area (Å²) < 4.78 is 23.7. The second-order valence-corrected chi connectivity index (χ2v) is 5.57. The topological polar surface area (TPSA) is 76.7 Å². The molecule has 0 aliphatic rings. The van der Waals surface area contributed by atoms with Gasteiger partial charge in [0.1, 0.15) is 11.6 Å². The van der Waals surface area contributed by atoms with Crippen molar-refractivity contribution < 1.29 is 23.5 Å². The number of carbonyl (C=O) groups is 2. The average molecular weight is 360 g/mol. The van der Waals surface area contributed by atoms with Gasteiger partial charge in [0.15, 0.2) is 0 Å².